The number of rotatable bonds is 2. The van der Waals surface area contributed by atoms with Gasteiger partial charge in [-0.25, -0.2) is 4.39 Å². The molecule has 0 aliphatic carbocycles. The monoisotopic (exact) mass is 242 g/mol. The number of benzene rings is 1. The zero-order valence-corrected chi connectivity index (χ0v) is 11.8. The largest absolute Gasteiger partial charge is 0.494 e. The minimum atomic E-state index is -0.362. The van der Waals surface area contributed by atoms with E-state index in [9.17, 15) is 4.39 Å². The van der Waals surface area contributed by atoms with Gasteiger partial charge in [-0.3, -0.25) is 0 Å². The summed E-state index contributed by atoms with van der Waals surface area (Å²) < 4.78 is 24.1. The van der Waals surface area contributed by atoms with Crippen LogP contribution in [0.2, 0.25) is 0 Å². The van der Waals surface area contributed by atoms with Gasteiger partial charge in [0.1, 0.15) is 11.4 Å². The van der Waals surface area contributed by atoms with Crippen LogP contribution in [0.3, 0.4) is 0 Å². The van der Waals surface area contributed by atoms with Crippen LogP contribution in [0.1, 0.15) is 40.2 Å². The highest BCUT2D eigenvalue weighted by Crippen LogP contribution is 2.30. The van der Waals surface area contributed by atoms with E-state index in [1.807, 2.05) is 34.6 Å². The Morgan fingerprint density at radius 3 is 1.94 bits per heavy atom. The summed E-state index contributed by atoms with van der Waals surface area (Å²) in [6, 6.07) is 3.30. The van der Waals surface area contributed by atoms with Crippen molar-refractivity contribution in [1.29, 1.82) is 0 Å². The predicted molar refractivity (Wildman–Crippen MR) is 69.4 cm³/mol. The molecule has 1 aromatic rings. The van der Waals surface area contributed by atoms with Crippen LogP contribution in [0, 0.1) is 12.7 Å². The van der Waals surface area contributed by atoms with E-state index in [1.165, 1.54) is 7.11 Å². The fourth-order valence-corrected chi connectivity index (χ4v) is 1.24. The smallest absolute Gasteiger partial charge is 0.171 e. The Morgan fingerprint density at radius 2 is 1.53 bits per heavy atom. The normalized spacial score (nSPS) is 10.4. The highest BCUT2D eigenvalue weighted by atomic mass is 19.1. The number of hydrogen-bond acceptors (Lipinski definition) is 2. The molecule has 1 aromatic carbocycles. The fourth-order valence-electron chi connectivity index (χ4n) is 1.24. The highest BCUT2D eigenvalue weighted by Gasteiger charge is 2.17. The molecule has 0 amide bonds. The standard InChI is InChI=1S/C12H17FO2.C2H6/c1-8-9(15-12(2,3)4)6-7-10(14-5)11(8)13;1-2/h6-7H,1-5H3;1-2H3. The van der Waals surface area contributed by atoms with E-state index in [4.69, 9.17) is 9.47 Å². The Kier molecular flexibility index (Phi) is 6.00. The van der Waals surface area contributed by atoms with Crippen LogP contribution in [-0.4, -0.2) is 12.7 Å². The predicted octanol–water partition coefficient (Wildman–Crippen LogP) is 4.35. The quantitative estimate of drug-likeness (QED) is 0.767. The Hall–Kier alpha value is -1.25. The van der Waals surface area contributed by atoms with Crippen molar-refractivity contribution in [1.82, 2.24) is 0 Å². The molecule has 0 atom stereocenters. The molecule has 0 aliphatic heterocycles. The Bertz CT molecular complexity index is 354. The van der Waals surface area contributed by atoms with E-state index in [2.05, 4.69) is 0 Å². The molecule has 0 bridgehead atoms. The van der Waals surface area contributed by atoms with Crippen molar-refractivity contribution in [3.63, 3.8) is 0 Å². The Balaban J connectivity index is 0.00000121. The third-order valence-electron chi connectivity index (χ3n) is 1.94. The molecular weight excluding hydrogens is 219 g/mol. The average molecular weight is 242 g/mol. The third-order valence-corrected chi connectivity index (χ3v) is 1.94. The van der Waals surface area contributed by atoms with Gasteiger partial charge in [0.05, 0.1) is 7.11 Å². The first-order chi connectivity index (χ1) is 7.85. The zero-order valence-electron chi connectivity index (χ0n) is 11.8. The Labute approximate surface area is 104 Å². The molecule has 0 saturated heterocycles. The summed E-state index contributed by atoms with van der Waals surface area (Å²) in [6.45, 7) is 11.5. The van der Waals surface area contributed by atoms with E-state index in [0.717, 1.165) is 0 Å². The molecule has 98 valence electrons. The van der Waals surface area contributed by atoms with Gasteiger partial charge < -0.3 is 9.47 Å². The lowest BCUT2D eigenvalue weighted by Crippen LogP contribution is -2.23. The minimum Gasteiger partial charge on any atom is -0.494 e. The summed E-state index contributed by atoms with van der Waals surface area (Å²) in [7, 11) is 1.45. The molecule has 3 heteroatoms. The molecule has 0 heterocycles. The molecule has 0 aliphatic rings. The van der Waals surface area contributed by atoms with Crippen LogP contribution in [0.25, 0.3) is 0 Å². The summed E-state index contributed by atoms with van der Waals surface area (Å²) in [5.74, 6) is 0.439. The molecule has 1 rings (SSSR count). The van der Waals surface area contributed by atoms with Crippen molar-refractivity contribution in [2.24, 2.45) is 0 Å². The lowest BCUT2D eigenvalue weighted by Gasteiger charge is -2.23. The topological polar surface area (TPSA) is 18.5 Å². The maximum absolute atomic E-state index is 13.6. The van der Waals surface area contributed by atoms with Crippen molar-refractivity contribution in [2.45, 2.75) is 47.1 Å². The van der Waals surface area contributed by atoms with Crippen LogP contribution >= 0.6 is 0 Å². The molecule has 2 nitrogen and oxygen atoms in total. The van der Waals surface area contributed by atoms with E-state index in [-0.39, 0.29) is 17.2 Å². The van der Waals surface area contributed by atoms with Gasteiger partial charge in [0, 0.05) is 5.56 Å². The zero-order chi connectivity index (χ0) is 13.6. The van der Waals surface area contributed by atoms with E-state index < -0.39 is 0 Å². The van der Waals surface area contributed by atoms with Crippen molar-refractivity contribution in [2.75, 3.05) is 7.11 Å². The molecule has 17 heavy (non-hydrogen) atoms. The second-order valence-corrected chi connectivity index (χ2v) is 4.42. The number of halogens is 1. The van der Waals surface area contributed by atoms with Crippen LogP contribution in [0.15, 0.2) is 12.1 Å². The van der Waals surface area contributed by atoms with Crippen LogP contribution < -0.4 is 9.47 Å². The molecule has 0 aromatic heterocycles. The maximum atomic E-state index is 13.6. The SMILES string of the molecule is CC.COc1ccc(OC(C)(C)C)c(C)c1F. The van der Waals surface area contributed by atoms with Crippen molar-refractivity contribution >= 4 is 0 Å². The molecular formula is C14H23FO2. The van der Waals surface area contributed by atoms with Crippen LogP contribution in [-0.2, 0) is 0 Å². The number of ether oxygens (including phenoxy) is 2. The van der Waals surface area contributed by atoms with Crippen molar-refractivity contribution in [3.8, 4) is 11.5 Å². The summed E-state index contributed by atoms with van der Waals surface area (Å²) in [6.07, 6.45) is 0. The average Bonchev–Trinajstić information content (AvgIpc) is 2.26. The first-order valence-corrected chi connectivity index (χ1v) is 5.87. The maximum Gasteiger partial charge on any atom is 0.171 e. The minimum absolute atomic E-state index is 0.244. The molecule has 0 N–H and O–H groups in total. The lowest BCUT2D eigenvalue weighted by atomic mass is 10.1. The highest BCUT2D eigenvalue weighted by molar-refractivity contribution is 5.41. The molecule has 0 radical (unpaired) electrons. The van der Waals surface area contributed by atoms with E-state index >= 15 is 0 Å². The lowest BCUT2D eigenvalue weighted by molar-refractivity contribution is 0.129. The number of methoxy groups -OCH3 is 1. The van der Waals surface area contributed by atoms with Gasteiger partial charge in [0.25, 0.3) is 0 Å². The Morgan fingerprint density at radius 1 is 1.06 bits per heavy atom. The summed E-state index contributed by atoms with van der Waals surface area (Å²) >= 11 is 0. The summed E-state index contributed by atoms with van der Waals surface area (Å²) in [4.78, 5) is 0. The summed E-state index contributed by atoms with van der Waals surface area (Å²) in [5, 5.41) is 0. The first-order valence-electron chi connectivity index (χ1n) is 5.87. The summed E-state index contributed by atoms with van der Waals surface area (Å²) in [5.41, 5.74) is 0.149. The van der Waals surface area contributed by atoms with Gasteiger partial charge >= 0.3 is 0 Å². The van der Waals surface area contributed by atoms with Crippen LogP contribution in [0.5, 0.6) is 11.5 Å². The van der Waals surface area contributed by atoms with Gasteiger partial charge in [-0.2, -0.15) is 0 Å². The number of hydrogen-bond donors (Lipinski definition) is 0. The van der Waals surface area contributed by atoms with Crippen LogP contribution in [0.4, 0.5) is 4.39 Å². The third kappa shape index (κ3) is 4.63. The second-order valence-electron chi connectivity index (χ2n) is 4.42. The van der Waals surface area contributed by atoms with Gasteiger partial charge in [0.15, 0.2) is 11.6 Å². The van der Waals surface area contributed by atoms with Gasteiger partial charge in [-0.15, -0.1) is 0 Å². The molecule has 0 saturated carbocycles. The second kappa shape index (κ2) is 6.48. The van der Waals surface area contributed by atoms with Gasteiger partial charge in [0.2, 0.25) is 0 Å². The first kappa shape index (κ1) is 15.8. The fraction of sp³-hybridized carbons (Fsp3) is 0.571. The molecule has 0 spiro atoms. The van der Waals surface area contributed by atoms with Gasteiger partial charge in [-0.05, 0) is 39.8 Å². The van der Waals surface area contributed by atoms with Gasteiger partial charge in [-0.1, -0.05) is 13.8 Å². The van der Waals surface area contributed by atoms with Crippen molar-refractivity contribution < 1.29 is 13.9 Å². The van der Waals surface area contributed by atoms with Crippen molar-refractivity contribution in [3.05, 3.63) is 23.5 Å². The molecule has 0 fully saturated rings. The van der Waals surface area contributed by atoms with E-state index in [0.29, 0.717) is 11.3 Å². The van der Waals surface area contributed by atoms with E-state index in [1.54, 1.807) is 19.1 Å². The molecule has 0 unspecified atom stereocenters.